The van der Waals surface area contributed by atoms with E-state index >= 15 is 0 Å². The maximum atomic E-state index is 12.1. The molecule has 0 atom stereocenters. The van der Waals surface area contributed by atoms with Crippen LogP contribution >= 0.6 is 31.9 Å². The lowest BCUT2D eigenvalue weighted by atomic mass is 9.92. The SMILES string of the molecule is O=C(CBr)c1ccc(-c2ccc(C(=O)CBr)c3c2CCC3)cc1. The number of Topliss-reactive ketones (excluding diaryl/α,β-unsaturated/α-hetero) is 2. The molecule has 0 saturated heterocycles. The summed E-state index contributed by atoms with van der Waals surface area (Å²) in [4.78, 5) is 23.8. The molecule has 0 fully saturated rings. The molecule has 2 nitrogen and oxygen atoms in total. The predicted molar refractivity (Wildman–Crippen MR) is 100 cm³/mol. The Kier molecular flexibility index (Phi) is 5.12. The van der Waals surface area contributed by atoms with Crippen LogP contribution in [-0.4, -0.2) is 22.2 Å². The number of alkyl halides is 2. The lowest BCUT2D eigenvalue weighted by Crippen LogP contribution is -2.05. The number of ketones is 2. The first-order valence-electron chi connectivity index (χ1n) is 7.59. The van der Waals surface area contributed by atoms with Crippen molar-refractivity contribution in [1.29, 1.82) is 0 Å². The van der Waals surface area contributed by atoms with Crippen LogP contribution in [0.4, 0.5) is 0 Å². The largest absolute Gasteiger partial charge is 0.293 e. The maximum Gasteiger partial charge on any atom is 0.173 e. The van der Waals surface area contributed by atoms with Gasteiger partial charge in [-0.3, -0.25) is 9.59 Å². The summed E-state index contributed by atoms with van der Waals surface area (Å²) in [6.07, 6.45) is 3.07. The van der Waals surface area contributed by atoms with E-state index in [1.165, 1.54) is 16.7 Å². The zero-order chi connectivity index (χ0) is 16.4. The molecule has 2 aromatic carbocycles. The van der Waals surface area contributed by atoms with E-state index in [0.717, 1.165) is 30.4 Å². The standard InChI is InChI=1S/C19H16Br2O2/c20-10-18(22)13-6-4-12(5-7-13)14-8-9-17(19(23)11-21)16-3-1-2-15(14)16/h4-9H,1-3,10-11H2. The molecular weight excluding hydrogens is 420 g/mol. The molecule has 0 aromatic heterocycles. The first-order valence-corrected chi connectivity index (χ1v) is 9.83. The van der Waals surface area contributed by atoms with Gasteiger partial charge in [0.2, 0.25) is 0 Å². The number of rotatable bonds is 5. The Morgan fingerprint density at radius 1 is 0.826 bits per heavy atom. The average molecular weight is 436 g/mol. The van der Waals surface area contributed by atoms with Crippen molar-refractivity contribution in [3.63, 3.8) is 0 Å². The molecule has 0 unspecified atom stereocenters. The average Bonchev–Trinajstić information content (AvgIpc) is 3.09. The number of halogens is 2. The van der Waals surface area contributed by atoms with Crippen molar-refractivity contribution in [2.75, 3.05) is 10.7 Å². The molecule has 0 N–H and O–H groups in total. The van der Waals surface area contributed by atoms with E-state index in [2.05, 4.69) is 31.9 Å². The zero-order valence-corrected chi connectivity index (χ0v) is 15.7. The van der Waals surface area contributed by atoms with E-state index in [4.69, 9.17) is 0 Å². The third-order valence-corrected chi connectivity index (χ3v) is 5.36. The second-order valence-corrected chi connectivity index (χ2v) is 6.78. The highest BCUT2D eigenvalue weighted by Gasteiger charge is 2.22. The molecule has 4 heteroatoms. The molecule has 0 aliphatic heterocycles. The highest BCUT2D eigenvalue weighted by Crippen LogP contribution is 2.35. The summed E-state index contributed by atoms with van der Waals surface area (Å²) in [5.74, 6) is 0.230. The van der Waals surface area contributed by atoms with Crippen LogP contribution in [0.2, 0.25) is 0 Å². The molecule has 2 aromatic rings. The summed E-state index contributed by atoms with van der Waals surface area (Å²) in [5, 5.41) is 0.702. The third-order valence-electron chi connectivity index (χ3n) is 4.35. The lowest BCUT2D eigenvalue weighted by Gasteiger charge is -2.13. The Morgan fingerprint density at radius 2 is 1.48 bits per heavy atom. The fourth-order valence-corrected chi connectivity index (χ4v) is 3.85. The first-order chi connectivity index (χ1) is 11.2. The van der Waals surface area contributed by atoms with Crippen molar-refractivity contribution >= 4 is 43.4 Å². The Bertz CT molecular complexity index is 764. The van der Waals surface area contributed by atoms with Crippen LogP contribution in [0.1, 0.15) is 38.3 Å². The second kappa shape index (κ2) is 7.10. The monoisotopic (exact) mass is 434 g/mol. The van der Waals surface area contributed by atoms with Gasteiger partial charge in [-0.25, -0.2) is 0 Å². The Labute approximate surface area is 152 Å². The minimum absolute atomic E-state index is 0.0834. The van der Waals surface area contributed by atoms with Gasteiger partial charge >= 0.3 is 0 Å². The van der Waals surface area contributed by atoms with Gasteiger partial charge in [0.25, 0.3) is 0 Å². The van der Waals surface area contributed by atoms with Crippen LogP contribution in [-0.2, 0) is 12.8 Å². The molecule has 3 rings (SSSR count). The van der Waals surface area contributed by atoms with Crippen molar-refractivity contribution in [2.45, 2.75) is 19.3 Å². The van der Waals surface area contributed by atoms with E-state index in [1.807, 2.05) is 36.4 Å². The van der Waals surface area contributed by atoms with Gasteiger partial charge in [-0.15, -0.1) is 0 Å². The van der Waals surface area contributed by atoms with E-state index < -0.39 is 0 Å². The molecule has 0 heterocycles. The topological polar surface area (TPSA) is 34.1 Å². The number of fused-ring (bicyclic) bond motifs is 1. The van der Waals surface area contributed by atoms with Gasteiger partial charge < -0.3 is 0 Å². The summed E-state index contributed by atoms with van der Waals surface area (Å²) in [5.41, 5.74) is 6.34. The fourth-order valence-electron chi connectivity index (χ4n) is 3.22. The fraction of sp³-hybridized carbons (Fsp3) is 0.263. The highest BCUT2D eigenvalue weighted by molar-refractivity contribution is 9.09. The van der Waals surface area contributed by atoms with Crippen LogP contribution in [0.15, 0.2) is 36.4 Å². The molecule has 1 aliphatic carbocycles. The number of hydrogen-bond acceptors (Lipinski definition) is 2. The molecule has 1 aliphatic rings. The van der Waals surface area contributed by atoms with Crippen LogP contribution < -0.4 is 0 Å². The molecular formula is C19H16Br2O2. The summed E-state index contributed by atoms with van der Waals surface area (Å²) < 4.78 is 0. The highest BCUT2D eigenvalue weighted by atomic mass is 79.9. The maximum absolute atomic E-state index is 12.1. The minimum Gasteiger partial charge on any atom is -0.293 e. The summed E-state index contributed by atoms with van der Waals surface area (Å²) in [7, 11) is 0. The molecule has 0 saturated carbocycles. The number of carbonyl (C=O) groups is 2. The van der Waals surface area contributed by atoms with Crippen molar-refractivity contribution in [3.05, 3.63) is 58.7 Å². The van der Waals surface area contributed by atoms with Crippen LogP contribution in [0.5, 0.6) is 0 Å². The van der Waals surface area contributed by atoms with E-state index in [0.29, 0.717) is 16.2 Å². The van der Waals surface area contributed by atoms with Gasteiger partial charge in [0, 0.05) is 11.1 Å². The number of carbonyl (C=O) groups excluding carboxylic acids is 2. The van der Waals surface area contributed by atoms with Crippen molar-refractivity contribution in [1.82, 2.24) is 0 Å². The van der Waals surface area contributed by atoms with Crippen molar-refractivity contribution in [2.24, 2.45) is 0 Å². The van der Waals surface area contributed by atoms with Gasteiger partial charge in [0.15, 0.2) is 11.6 Å². The van der Waals surface area contributed by atoms with E-state index in [-0.39, 0.29) is 11.6 Å². The molecule has 0 spiro atoms. The van der Waals surface area contributed by atoms with Crippen molar-refractivity contribution < 1.29 is 9.59 Å². The summed E-state index contributed by atoms with van der Waals surface area (Å²) >= 11 is 6.46. The second-order valence-electron chi connectivity index (χ2n) is 5.66. The Hall–Kier alpha value is -1.26. The van der Waals surface area contributed by atoms with Crippen molar-refractivity contribution in [3.8, 4) is 11.1 Å². The molecule has 0 bridgehead atoms. The molecule has 23 heavy (non-hydrogen) atoms. The number of benzene rings is 2. The smallest absolute Gasteiger partial charge is 0.173 e. The lowest BCUT2D eigenvalue weighted by molar-refractivity contribution is 0.101. The van der Waals surface area contributed by atoms with Gasteiger partial charge in [-0.1, -0.05) is 68.3 Å². The van der Waals surface area contributed by atoms with Crippen LogP contribution in [0.3, 0.4) is 0 Å². The van der Waals surface area contributed by atoms with E-state index in [1.54, 1.807) is 0 Å². The van der Waals surface area contributed by atoms with Crippen LogP contribution in [0.25, 0.3) is 11.1 Å². The van der Waals surface area contributed by atoms with Gasteiger partial charge in [0.05, 0.1) is 10.7 Å². The molecule has 118 valence electrons. The normalized spacial score (nSPS) is 13.0. The van der Waals surface area contributed by atoms with Crippen LogP contribution in [0, 0.1) is 0 Å². The van der Waals surface area contributed by atoms with Gasteiger partial charge in [0.1, 0.15) is 0 Å². The first kappa shape index (κ1) is 16.6. The predicted octanol–water partition coefficient (Wildman–Crippen LogP) is 5.00. The Morgan fingerprint density at radius 3 is 2.13 bits per heavy atom. The van der Waals surface area contributed by atoms with E-state index in [9.17, 15) is 9.59 Å². The summed E-state index contributed by atoms with van der Waals surface area (Å²) in [6.45, 7) is 0. The third kappa shape index (κ3) is 3.20. The quantitative estimate of drug-likeness (QED) is 0.489. The zero-order valence-electron chi connectivity index (χ0n) is 12.6. The Balaban J connectivity index is 2.03. The molecule has 0 radical (unpaired) electrons. The van der Waals surface area contributed by atoms with Gasteiger partial charge in [-0.05, 0) is 41.5 Å². The molecule has 0 amide bonds. The van der Waals surface area contributed by atoms with Gasteiger partial charge in [-0.2, -0.15) is 0 Å². The number of hydrogen-bond donors (Lipinski definition) is 0. The minimum atomic E-state index is 0.0834. The summed E-state index contributed by atoms with van der Waals surface area (Å²) in [6, 6.07) is 11.7.